The maximum absolute atomic E-state index is 12.9. The highest BCUT2D eigenvalue weighted by atomic mass is 16.6. The van der Waals surface area contributed by atoms with Crippen molar-refractivity contribution < 1.29 is 28.6 Å². The molecule has 476 valence electrons. The second kappa shape index (κ2) is 70.6. The van der Waals surface area contributed by atoms with Crippen molar-refractivity contribution in [3.63, 3.8) is 0 Å². The van der Waals surface area contributed by atoms with E-state index in [0.717, 1.165) is 128 Å². The Kier molecular flexibility index (Phi) is 67.2. The molecule has 0 radical (unpaired) electrons. The molecule has 0 heterocycles. The topological polar surface area (TPSA) is 78.9 Å². The van der Waals surface area contributed by atoms with Gasteiger partial charge >= 0.3 is 17.9 Å². The lowest BCUT2D eigenvalue weighted by Gasteiger charge is -2.18. The third-order valence-corrected chi connectivity index (χ3v) is 15.2. The van der Waals surface area contributed by atoms with Crippen molar-refractivity contribution in [2.75, 3.05) is 13.2 Å². The van der Waals surface area contributed by atoms with Crippen molar-refractivity contribution in [1.82, 2.24) is 0 Å². The zero-order valence-corrected chi connectivity index (χ0v) is 54.7. The van der Waals surface area contributed by atoms with Gasteiger partial charge in [-0.2, -0.15) is 0 Å². The molecule has 0 spiro atoms. The van der Waals surface area contributed by atoms with Crippen molar-refractivity contribution >= 4 is 17.9 Å². The van der Waals surface area contributed by atoms with E-state index in [2.05, 4.69) is 130 Å². The standard InChI is InChI=1S/C77H132O6/c1-4-7-10-13-16-19-22-25-27-29-31-32-33-34-35-36-37-38-39-40-41-42-43-44-46-47-49-52-55-58-61-64-67-70-76(79)82-73-74(72-81-75(78)69-66-63-60-57-54-51-24-21-18-15-12-9-6-3)83-77(80)71-68-65-62-59-56-53-50-48-45-30-28-26-23-20-17-14-11-8-5-2/h7-8,10-11,16-17,19-21,24-28,31-32,45,48,74H,4-6,9,12-15,18,22-23,29-30,33-44,46-47,49-73H2,1-3H3/b10-7-,11-8-,19-16-,20-17-,24-21-,27-25-,28-26-,32-31-,48-45-. The summed E-state index contributed by atoms with van der Waals surface area (Å²) in [6, 6.07) is 0. The van der Waals surface area contributed by atoms with Crippen molar-refractivity contribution in [2.24, 2.45) is 0 Å². The molecule has 0 aromatic heterocycles. The van der Waals surface area contributed by atoms with Gasteiger partial charge in [0.25, 0.3) is 0 Å². The first-order valence-electron chi connectivity index (χ1n) is 35.4. The maximum Gasteiger partial charge on any atom is 0.306 e. The molecule has 0 aliphatic rings. The Morgan fingerprint density at radius 1 is 0.253 bits per heavy atom. The molecule has 0 bridgehead atoms. The predicted molar refractivity (Wildman–Crippen MR) is 362 cm³/mol. The van der Waals surface area contributed by atoms with E-state index in [-0.39, 0.29) is 31.1 Å². The van der Waals surface area contributed by atoms with Crippen molar-refractivity contribution in [3.05, 3.63) is 109 Å². The number of unbranched alkanes of at least 4 members (excludes halogenated alkanes) is 35. The molecular formula is C77H132O6. The summed E-state index contributed by atoms with van der Waals surface area (Å²) in [5.41, 5.74) is 0. The second-order valence-corrected chi connectivity index (χ2v) is 23.4. The van der Waals surface area contributed by atoms with Gasteiger partial charge in [0, 0.05) is 19.3 Å². The van der Waals surface area contributed by atoms with Gasteiger partial charge in [0.15, 0.2) is 6.10 Å². The van der Waals surface area contributed by atoms with Crippen LogP contribution in [0.1, 0.15) is 342 Å². The SMILES string of the molecule is CC/C=C\C/C=C\C/C=C\C/C=C\CCCCCCCCCCCCCCCCCCCCCCC(=O)OCC(COC(=O)CCCCCCC/C=C\CCCCCC)OC(=O)CCCCCCCC/C=C\C/C=C\C/C=C\C/C=C\CC. The van der Waals surface area contributed by atoms with Gasteiger partial charge in [-0.15, -0.1) is 0 Å². The lowest BCUT2D eigenvalue weighted by atomic mass is 10.0. The molecule has 1 atom stereocenters. The molecule has 0 aliphatic heterocycles. The molecular weight excluding hydrogens is 1020 g/mol. The number of carbonyl (C=O) groups excluding carboxylic acids is 3. The third kappa shape index (κ3) is 68.7. The van der Waals surface area contributed by atoms with Crippen LogP contribution in [0, 0.1) is 0 Å². The Balaban J connectivity index is 4.19. The minimum absolute atomic E-state index is 0.0837. The molecule has 0 saturated carbocycles. The van der Waals surface area contributed by atoms with Gasteiger partial charge in [-0.05, 0) is 122 Å². The summed E-state index contributed by atoms with van der Waals surface area (Å²) in [6.07, 6.45) is 97.0. The summed E-state index contributed by atoms with van der Waals surface area (Å²) in [5.74, 6) is -0.893. The van der Waals surface area contributed by atoms with E-state index >= 15 is 0 Å². The molecule has 0 amide bonds. The monoisotopic (exact) mass is 1150 g/mol. The van der Waals surface area contributed by atoms with Crippen LogP contribution >= 0.6 is 0 Å². The highest BCUT2D eigenvalue weighted by Crippen LogP contribution is 2.17. The van der Waals surface area contributed by atoms with Crippen LogP contribution in [0.4, 0.5) is 0 Å². The summed E-state index contributed by atoms with van der Waals surface area (Å²) in [7, 11) is 0. The Labute approximate surface area is 514 Å². The summed E-state index contributed by atoms with van der Waals surface area (Å²) in [4.78, 5) is 38.4. The quantitative estimate of drug-likeness (QED) is 0.0261. The smallest absolute Gasteiger partial charge is 0.306 e. The first-order valence-corrected chi connectivity index (χ1v) is 35.4. The minimum atomic E-state index is -0.790. The molecule has 6 heteroatoms. The zero-order valence-electron chi connectivity index (χ0n) is 54.7. The van der Waals surface area contributed by atoms with E-state index in [9.17, 15) is 14.4 Å². The van der Waals surface area contributed by atoms with Crippen LogP contribution < -0.4 is 0 Å². The number of rotatable bonds is 64. The van der Waals surface area contributed by atoms with Crippen molar-refractivity contribution in [3.8, 4) is 0 Å². The number of hydrogen-bond donors (Lipinski definition) is 0. The summed E-state index contributed by atoms with van der Waals surface area (Å²) >= 11 is 0. The zero-order chi connectivity index (χ0) is 59.9. The summed E-state index contributed by atoms with van der Waals surface area (Å²) in [5, 5.41) is 0. The molecule has 0 saturated heterocycles. The normalized spacial score (nSPS) is 12.8. The van der Waals surface area contributed by atoms with E-state index < -0.39 is 6.10 Å². The molecule has 6 nitrogen and oxygen atoms in total. The number of allylic oxidation sites excluding steroid dienone is 18. The van der Waals surface area contributed by atoms with E-state index in [4.69, 9.17) is 14.2 Å². The molecule has 1 unspecified atom stereocenters. The third-order valence-electron chi connectivity index (χ3n) is 15.2. The van der Waals surface area contributed by atoms with Gasteiger partial charge in [-0.25, -0.2) is 0 Å². The average Bonchev–Trinajstić information content (AvgIpc) is 3.49. The van der Waals surface area contributed by atoms with E-state index in [1.54, 1.807) is 0 Å². The molecule has 0 fully saturated rings. The number of esters is 3. The summed E-state index contributed by atoms with van der Waals surface area (Å²) < 4.78 is 17.0. The van der Waals surface area contributed by atoms with Gasteiger partial charge in [-0.3, -0.25) is 14.4 Å². The Morgan fingerprint density at radius 3 is 0.747 bits per heavy atom. The molecule has 83 heavy (non-hydrogen) atoms. The van der Waals surface area contributed by atoms with E-state index in [1.165, 1.54) is 173 Å². The fourth-order valence-electron chi connectivity index (χ4n) is 10.0. The molecule has 0 aromatic carbocycles. The average molecular weight is 1150 g/mol. The Bertz CT molecular complexity index is 1660. The van der Waals surface area contributed by atoms with Gasteiger partial charge in [-0.1, -0.05) is 310 Å². The summed E-state index contributed by atoms with van der Waals surface area (Å²) in [6.45, 7) is 6.41. The van der Waals surface area contributed by atoms with Crippen LogP contribution in [-0.4, -0.2) is 37.2 Å². The molecule has 0 N–H and O–H groups in total. The van der Waals surface area contributed by atoms with Gasteiger partial charge in [0.2, 0.25) is 0 Å². The Morgan fingerprint density at radius 2 is 0.470 bits per heavy atom. The van der Waals surface area contributed by atoms with Crippen LogP contribution in [0.15, 0.2) is 109 Å². The highest BCUT2D eigenvalue weighted by molar-refractivity contribution is 5.71. The van der Waals surface area contributed by atoms with E-state index in [1.807, 2.05) is 0 Å². The highest BCUT2D eigenvalue weighted by Gasteiger charge is 2.19. The predicted octanol–water partition coefficient (Wildman–Crippen LogP) is 24.6. The van der Waals surface area contributed by atoms with Crippen LogP contribution in [0.5, 0.6) is 0 Å². The van der Waals surface area contributed by atoms with Crippen molar-refractivity contribution in [1.29, 1.82) is 0 Å². The largest absolute Gasteiger partial charge is 0.462 e. The molecule has 0 aromatic rings. The van der Waals surface area contributed by atoms with Gasteiger partial charge in [0.1, 0.15) is 13.2 Å². The van der Waals surface area contributed by atoms with E-state index in [0.29, 0.717) is 19.3 Å². The number of ether oxygens (including phenoxy) is 3. The minimum Gasteiger partial charge on any atom is -0.462 e. The van der Waals surface area contributed by atoms with Gasteiger partial charge < -0.3 is 14.2 Å². The second-order valence-electron chi connectivity index (χ2n) is 23.4. The van der Waals surface area contributed by atoms with Crippen LogP contribution in [0.2, 0.25) is 0 Å². The maximum atomic E-state index is 12.9. The fraction of sp³-hybridized carbons (Fsp3) is 0.727. The van der Waals surface area contributed by atoms with Crippen LogP contribution in [-0.2, 0) is 28.6 Å². The van der Waals surface area contributed by atoms with Crippen molar-refractivity contribution in [2.45, 2.75) is 348 Å². The first-order chi connectivity index (χ1) is 41.0. The van der Waals surface area contributed by atoms with Crippen LogP contribution in [0.3, 0.4) is 0 Å². The fourth-order valence-corrected chi connectivity index (χ4v) is 10.0. The Hall–Kier alpha value is -3.93. The molecule has 0 aliphatic carbocycles. The van der Waals surface area contributed by atoms with Crippen LogP contribution in [0.25, 0.3) is 0 Å². The number of hydrogen-bond acceptors (Lipinski definition) is 6. The van der Waals surface area contributed by atoms with Gasteiger partial charge in [0.05, 0.1) is 0 Å². The lowest BCUT2D eigenvalue weighted by Crippen LogP contribution is -2.30. The lowest BCUT2D eigenvalue weighted by molar-refractivity contribution is -0.167. The number of carbonyl (C=O) groups is 3. The molecule has 0 rings (SSSR count). The first kappa shape index (κ1) is 79.1.